The molecule has 0 heterocycles. The Hall–Kier alpha value is -0.660. The molecule has 0 N–H and O–H groups in total. The molecule has 0 radical (unpaired) electrons. The molecule has 0 aliphatic carbocycles. The van der Waals surface area contributed by atoms with E-state index in [4.69, 9.17) is 17.0 Å². The third-order valence-electron chi connectivity index (χ3n) is 7.09. The van der Waals surface area contributed by atoms with Gasteiger partial charge in [0, 0.05) is 0 Å². The molecule has 0 nitrogen and oxygen atoms in total. The van der Waals surface area contributed by atoms with Gasteiger partial charge in [0.05, 0.1) is 0 Å². The quantitative estimate of drug-likeness (QED) is 0.132. The maximum absolute atomic E-state index is 6.01. The number of benzene rings is 2. The zero-order valence-electron chi connectivity index (χ0n) is 25.0. The summed E-state index contributed by atoms with van der Waals surface area (Å²) in [5, 5.41) is 5.80. The molecule has 0 unspecified atom stereocenters. The second-order valence-corrected chi connectivity index (χ2v) is 31.7. The molecule has 4 aromatic rings. The Labute approximate surface area is 248 Å². The first-order chi connectivity index (χ1) is 18.2. The smallest absolute Gasteiger partial charge is 0.0371 e. The van der Waals surface area contributed by atoms with Crippen LogP contribution in [-0.2, 0) is 30.8 Å². The van der Waals surface area contributed by atoms with E-state index < -0.39 is 18.0 Å². The summed E-state index contributed by atoms with van der Waals surface area (Å²) < 4.78 is 0. The van der Waals surface area contributed by atoms with Crippen molar-refractivity contribution in [3.05, 3.63) is 81.9 Å². The number of fused-ring (bicyclic) bond motifs is 2. The average molecular weight is 647 g/mol. The van der Waals surface area contributed by atoms with Gasteiger partial charge in [-0.1, -0.05) is 77.6 Å². The van der Waals surface area contributed by atoms with Crippen LogP contribution in [-0.4, -0.2) is 5.43 Å². The van der Waals surface area contributed by atoms with Crippen LogP contribution in [0.3, 0.4) is 0 Å². The van der Waals surface area contributed by atoms with Gasteiger partial charge in [-0.3, -0.25) is 0 Å². The van der Waals surface area contributed by atoms with Crippen molar-refractivity contribution in [2.75, 3.05) is 0 Å². The van der Waals surface area contributed by atoms with E-state index >= 15 is 0 Å². The number of hydrogen-bond acceptors (Lipinski definition) is 0. The molecule has 0 bridgehead atoms. The Kier molecular flexibility index (Phi) is 15.2. The molecule has 0 spiro atoms. The second kappa shape index (κ2) is 17.2. The summed E-state index contributed by atoms with van der Waals surface area (Å²) in [5.74, 6) is 0. The van der Waals surface area contributed by atoms with Gasteiger partial charge in [-0.2, -0.15) is 12.1 Å². The van der Waals surface area contributed by atoms with Gasteiger partial charge in [-0.25, -0.2) is 0 Å². The Morgan fingerprint density at radius 2 is 1.03 bits per heavy atom. The molecular weight excluding hydrogens is 599 g/mol. The maximum atomic E-state index is 6.01. The predicted octanol–water partition coefficient (Wildman–Crippen LogP) is 12.0. The molecular formula is C34H48Cl2SiZr-2. The summed E-state index contributed by atoms with van der Waals surface area (Å²) in [7, 11) is 12.0. The summed E-state index contributed by atoms with van der Waals surface area (Å²) in [5.41, 5.74) is 8.32. The van der Waals surface area contributed by atoms with Crippen molar-refractivity contribution in [1.82, 2.24) is 0 Å². The largest absolute Gasteiger partial charge is 0.165 e. The van der Waals surface area contributed by atoms with E-state index in [0.717, 1.165) is 0 Å². The van der Waals surface area contributed by atoms with Crippen molar-refractivity contribution >= 4 is 44.0 Å². The Bertz CT molecular complexity index is 1230. The zero-order valence-corrected chi connectivity index (χ0v) is 30.0. The molecule has 0 atom stereocenters. The number of hydrogen-bond donors (Lipinski definition) is 0. The minimum absolute atomic E-state index is 0.236. The Balaban J connectivity index is 0.000000204. The average Bonchev–Trinajstić information content (AvgIpc) is 3.47. The van der Waals surface area contributed by atoms with E-state index in [9.17, 15) is 0 Å². The first-order valence-electron chi connectivity index (χ1n) is 14.5. The molecule has 38 heavy (non-hydrogen) atoms. The SMILES string of the molecule is CCC[Si](CCC)=[Zr]([Cl])[Cl].CCCc1ccc(C)c2[cH-]c(C)cc12.CCCc1ccc(C)c2[cH-]c(C)cc12. The molecule has 0 aliphatic heterocycles. The zero-order chi connectivity index (χ0) is 28.2. The Morgan fingerprint density at radius 3 is 1.34 bits per heavy atom. The number of rotatable bonds is 8. The van der Waals surface area contributed by atoms with Gasteiger partial charge in [0.25, 0.3) is 0 Å². The minimum atomic E-state index is -1.78. The molecule has 4 rings (SSSR count). The summed E-state index contributed by atoms with van der Waals surface area (Å²) in [4.78, 5) is 0. The number of aryl methyl sites for hydroxylation is 6. The third-order valence-corrected chi connectivity index (χ3v) is 26.9. The van der Waals surface area contributed by atoms with Gasteiger partial charge in [0.2, 0.25) is 0 Å². The first kappa shape index (κ1) is 33.5. The Morgan fingerprint density at radius 1 is 0.632 bits per heavy atom. The summed E-state index contributed by atoms with van der Waals surface area (Å²) >= 11 is -1.78. The predicted molar refractivity (Wildman–Crippen MR) is 174 cm³/mol. The van der Waals surface area contributed by atoms with Crippen molar-refractivity contribution in [2.45, 2.75) is 106 Å². The molecule has 0 saturated heterocycles. The van der Waals surface area contributed by atoms with E-state index in [-0.39, 0.29) is 5.43 Å². The first-order valence-corrected chi connectivity index (χ1v) is 26.4. The van der Waals surface area contributed by atoms with Crippen LogP contribution in [0.2, 0.25) is 12.1 Å². The summed E-state index contributed by atoms with van der Waals surface area (Å²) in [6.45, 7) is 17.7. The molecule has 0 aliphatic rings. The summed E-state index contributed by atoms with van der Waals surface area (Å²) in [6, 6.07) is 21.0. The molecule has 208 valence electrons. The van der Waals surface area contributed by atoms with E-state index in [1.165, 1.54) is 106 Å². The van der Waals surface area contributed by atoms with Crippen LogP contribution in [0.5, 0.6) is 0 Å². The van der Waals surface area contributed by atoms with Gasteiger partial charge in [-0.05, 0) is 12.8 Å². The number of halogens is 2. The molecule has 4 aromatic carbocycles. The van der Waals surface area contributed by atoms with Gasteiger partial charge < -0.3 is 0 Å². The van der Waals surface area contributed by atoms with Gasteiger partial charge >= 0.3 is 79.2 Å². The summed E-state index contributed by atoms with van der Waals surface area (Å²) in [6.07, 6.45) is 7.39. The van der Waals surface area contributed by atoms with E-state index in [2.05, 4.69) is 104 Å². The van der Waals surface area contributed by atoms with Crippen LogP contribution in [0.1, 0.15) is 86.8 Å². The third kappa shape index (κ3) is 9.76. The van der Waals surface area contributed by atoms with Gasteiger partial charge in [-0.15, -0.1) is 68.1 Å². The fraction of sp³-hybridized carbons (Fsp3) is 0.471. The minimum Gasteiger partial charge on any atom is -0.165 e. The second-order valence-electron chi connectivity index (χ2n) is 10.7. The van der Waals surface area contributed by atoms with Crippen LogP contribution in [0.15, 0.2) is 48.5 Å². The molecule has 0 saturated carbocycles. The van der Waals surface area contributed by atoms with Crippen LogP contribution in [0.25, 0.3) is 21.5 Å². The molecule has 0 aromatic heterocycles. The monoisotopic (exact) mass is 644 g/mol. The van der Waals surface area contributed by atoms with E-state index in [0.29, 0.717) is 0 Å². The van der Waals surface area contributed by atoms with Crippen LogP contribution in [0, 0.1) is 27.7 Å². The normalized spacial score (nSPS) is 10.7. The molecule has 4 heteroatoms. The van der Waals surface area contributed by atoms with Crippen molar-refractivity contribution in [3.8, 4) is 0 Å². The van der Waals surface area contributed by atoms with Crippen molar-refractivity contribution < 1.29 is 18.0 Å². The van der Waals surface area contributed by atoms with Gasteiger partial charge in [0.1, 0.15) is 0 Å². The van der Waals surface area contributed by atoms with Crippen molar-refractivity contribution in [2.24, 2.45) is 0 Å². The molecule has 0 fully saturated rings. The van der Waals surface area contributed by atoms with Crippen LogP contribution in [0.4, 0.5) is 0 Å². The van der Waals surface area contributed by atoms with Gasteiger partial charge in [0.15, 0.2) is 0 Å². The maximum Gasteiger partial charge on any atom is -0.0371 e. The molecule has 0 amide bonds. The fourth-order valence-corrected chi connectivity index (χ4v) is 20.2. The van der Waals surface area contributed by atoms with E-state index in [1.807, 2.05) is 0 Å². The van der Waals surface area contributed by atoms with Crippen LogP contribution < -0.4 is 0 Å². The van der Waals surface area contributed by atoms with E-state index in [1.54, 1.807) is 0 Å². The standard InChI is InChI=1S/2C14H17.C6H14Si.2ClH.Zr/c2*1-4-5-12-7-6-11(3)13-8-10(2)9-14(12)13;1-3-5-7-6-4-2;;;/h2*6-9H,4-5H2,1-3H3;3-6H2,1-2H3;2*1H;/q2*-1;;;;+2/p-2. The van der Waals surface area contributed by atoms with Crippen molar-refractivity contribution in [3.63, 3.8) is 0 Å². The van der Waals surface area contributed by atoms with Crippen molar-refractivity contribution in [1.29, 1.82) is 0 Å². The fourth-order valence-electron chi connectivity index (χ4n) is 5.19. The topological polar surface area (TPSA) is 0 Å². The van der Waals surface area contributed by atoms with Crippen LogP contribution >= 0.6 is 17.0 Å².